The van der Waals surface area contributed by atoms with Gasteiger partial charge in [-0.2, -0.15) is 0 Å². The Labute approximate surface area is 122 Å². The molecule has 1 aromatic carbocycles. The molecule has 1 aromatic rings. The van der Waals surface area contributed by atoms with E-state index in [0.29, 0.717) is 6.54 Å². The van der Waals surface area contributed by atoms with Gasteiger partial charge in [-0.25, -0.2) is 8.42 Å². The molecule has 5 heteroatoms. The molecule has 0 spiro atoms. The van der Waals surface area contributed by atoms with E-state index in [1.54, 1.807) is 0 Å². The number of nitrogens with one attached hydrogen (secondary N) is 1. The van der Waals surface area contributed by atoms with E-state index in [0.717, 1.165) is 32.6 Å². The lowest BCUT2D eigenvalue weighted by Crippen LogP contribution is -2.33. The van der Waals surface area contributed by atoms with Crippen LogP contribution in [0, 0.1) is 0 Å². The van der Waals surface area contributed by atoms with Crippen LogP contribution in [0.15, 0.2) is 24.3 Å². The molecular weight excluding hydrogens is 272 g/mol. The first-order valence-electron chi connectivity index (χ1n) is 7.22. The van der Waals surface area contributed by atoms with Crippen molar-refractivity contribution in [2.75, 3.05) is 38.2 Å². The van der Waals surface area contributed by atoms with Crippen LogP contribution in [-0.2, 0) is 22.8 Å². The van der Waals surface area contributed by atoms with Crippen molar-refractivity contribution in [2.24, 2.45) is 0 Å². The summed E-state index contributed by atoms with van der Waals surface area (Å²) >= 11 is 0. The number of nitrogens with zero attached hydrogens (tertiary/aromatic N) is 1. The number of hydrogen-bond donors (Lipinski definition) is 1. The molecule has 0 radical (unpaired) electrons. The summed E-state index contributed by atoms with van der Waals surface area (Å²) < 4.78 is 22.1. The van der Waals surface area contributed by atoms with Crippen molar-refractivity contribution in [3.63, 3.8) is 0 Å². The van der Waals surface area contributed by atoms with E-state index in [1.165, 1.54) is 23.8 Å². The molecule has 1 aliphatic heterocycles. The first kappa shape index (κ1) is 15.5. The summed E-state index contributed by atoms with van der Waals surface area (Å²) in [5.41, 5.74) is 2.90. The van der Waals surface area contributed by atoms with Gasteiger partial charge in [0.05, 0.1) is 5.75 Å². The minimum absolute atomic E-state index is 0.218. The van der Waals surface area contributed by atoms with Gasteiger partial charge in [-0.1, -0.05) is 24.3 Å². The summed E-state index contributed by atoms with van der Waals surface area (Å²) in [7, 11) is -2.85. The standard InChI is InChI=1S/C15H24N2O2S/c1-20(18,19)12-9-16-8-11-17-10-4-7-14-5-2-3-6-15(14)13-17/h2-3,5-6,16H,4,7-13H2,1H3. The smallest absolute Gasteiger partial charge is 0.148 e. The van der Waals surface area contributed by atoms with Crippen molar-refractivity contribution in [3.8, 4) is 0 Å². The maximum absolute atomic E-state index is 11.0. The highest BCUT2D eigenvalue weighted by Gasteiger charge is 2.13. The lowest BCUT2D eigenvalue weighted by molar-refractivity contribution is 0.270. The zero-order chi connectivity index (χ0) is 14.4. The molecule has 0 atom stereocenters. The quantitative estimate of drug-likeness (QED) is 0.798. The molecule has 0 saturated heterocycles. The number of fused-ring (bicyclic) bond motifs is 1. The summed E-state index contributed by atoms with van der Waals surface area (Å²) in [5, 5.41) is 3.21. The second kappa shape index (κ2) is 7.20. The second-order valence-corrected chi connectivity index (χ2v) is 7.79. The molecule has 1 heterocycles. The van der Waals surface area contributed by atoms with Gasteiger partial charge in [-0.3, -0.25) is 4.90 Å². The molecule has 0 aliphatic carbocycles. The molecule has 0 unspecified atom stereocenters. The third-order valence-electron chi connectivity index (χ3n) is 3.69. The largest absolute Gasteiger partial charge is 0.314 e. The van der Waals surface area contributed by atoms with E-state index in [9.17, 15) is 8.42 Å². The van der Waals surface area contributed by atoms with Crippen molar-refractivity contribution in [1.82, 2.24) is 10.2 Å². The fourth-order valence-electron chi connectivity index (χ4n) is 2.58. The van der Waals surface area contributed by atoms with Crippen molar-refractivity contribution in [1.29, 1.82) is 0 Å². The van der Waals surface area contributed by atoms with E-state index in [2.05, 4.69) is 34.5 Å². The average Bonchev–Trinajstić information content (AvgIpc) is 2.58. The van der Waals surface area contributed by atoms with Gasteiger partial charge in [0.15, 0.2) is 0 Å². The van der Waals surface area contributed by atoms with Crippen LogP contribution in [0.2, 0.25) is 0 Å². The van der Waals surface area contributed by atoms with E-state index in [-0.39, 0.29) is 5.75 Å². The minimum atomic E-state index is -2.85. The van der Waals surface area contributed by atoms with Crippen LogP contribution in [-0.4, -0.2) is 51.5 Å². The summed E-state index contributed by atoms with van der Waals surface area (Å²) in [6.45, 7) is 4.48. The maximum atomic E-state index is 11.0. The van der Waals surface area contributed by atoms with Crippen LogP contribution in [0.4, 0.5) is 0 Å². The first-order chi connectivity index (χ1) is 9.54. The molecule has 2 rings (SSSR count). The Hall–Kier alpha value is -0.910. The molecular formula is C15H24N2O2S. The van der Waals surface area contributed by atoms with Crippen molar-refractivity contribution in [3.05, 3.63) is 35.4 Å². The maximum Gasteiger partial charge on any atom is 0.148 e. The lowest BCUT2D eigenvalue weighted by Gasteiger charge is -2.20. The van der Waals surface area contributed by atoms with Crippen LogP contribution in [0.1, 0.15) is 17.5 Å². The number of benzene rings is 1. The normalized spacial score (nSPS) is 16.6. The van der Waals surface area contributed by atoms with Gasteiger partial charge in [0.25, 0.3) is 0 Å². The zero-order valence-corrected chi connectivity index (χ0v) is 13.0. The van der Waals surface area contributed by atoms with Crippen LogP contribution < -0.4 is 5.32 Å². The van der Waals surface area contributed by atoms with Gasteiger partial charge < -0.3 is 5.32 Å². The van der Waals surface area contributed by atoms with Crippen molar-refractivity contribution >= 4 is 9.84 Å². The Morgan fingerprint density at radius 2 is 1.95 bits per heavy atom. The topological polar surface area (TPSA) is 49.4 Å². The highest BCUT2D eigenvalue weighted by molar-refractivity contribution is 7.90. The summed E-state index contributed by atoms with van der Waals surface area (Å²) in [6.07, 6.45) is 3.63. The molecule has 0 amide bonds. The van der Waals surface area contributed by atoms with Gasteiger partial charge in [-0.05, 0) is 30.5 Å². The van der Waals surface area contributed by atoms with Gasteiger partial charge in [0.1, 0.15) is 9.84 Å². The Balaban J connectivity index is 1.74. The van der Waals surface area contributed by atoms with E-state index < -0.39 is 9.84 Å². The Morgan fingerprint density at radius 1 is 1.20 bits per heavy atom. The molecule has 0 fully saturated rings. The van der Waals surface area contributed by atoms with Crippen molar-refractivity contribution in [2.45, 2.75) is 19.4 Å². The van der Waals surface area contributed by atoms with E-state index in [4.69, 9.17) is 0 Å². The average molecular weight is 296 g/mol. The minimum Gasteiger partial charge on any atom is -0.314 e. The Kier molecular flexibility index (Phi) is 5.57. The highest BCUT2D eigenvalue weighted by atomic mass is 32.2. The molecule has 1 aliphatic rings. The fraction of sp³-hybridized carbons (Fsp3) is 0.600. The summed E-state index contributed by atoms with van der Waals surface area (Å²) in [6, 6.07) is 8.65. The highest BCUT2D eigenvalue weighted by Crippen LogP contribution is 2.17. The predicted molar refractivity (Wildman–Crippen MR) is 82.6 cm³/mol. The Morgan fingerprint density at radius 3 is 2.70 bits per heavy atom. The fourth-order valence-corrected chi connectivity index (χ4v) is 3.09. The monoisotopic (exact) mass is 296 g/mol. The van der Waals surface area contributed by atoms with Gasteiger partial charge in [-0.15, -0.1) is 0 Å². The van der Waals surface area contributed by atoms with Gasteiger partial charge in [0.2, 0.25) is 0 Å². The molecule has 0 bridgehead atoms. The first-order valence-corrected chi connectivity index (χ1v) is 9.28. The zero-order valence-electron chi connectivity index (χ0n) is 12.1. The molecule has 0 saturated carbocycles. The predicted octanol–water partition coefficient (Wildman–Crippen LogP) is 1.07. The molecule has 1 N–H and O–H groups in total. The number of aryl methyl sites for hydroxylation is 1. The van der Waals surface area contributed by atoms with E-state index >= 15 is 0 Å². The van der Waals surface area contributed by atoms with Crippen molar-refractivity contribution < 1.29 is 8.42 Å². The van der Waals surface area contributed by atoms with Crippen LogP contribution in [0.3, 0.4) is 0 Å². The molecule has 4 nitrogen and oxygen atoms in total. The number of hydrogen-bond acceptors (Lipinski definition) is 4. The van der Waals surface area contributed by atoms with E-state index in [1.807, 2.05) is 0 Å². The second-order valence-electron chi connectivity index (χ2n) is 5.53. The summed E-state index contributed by atoms with van der Waals surface area (Å²) in [4.78, 5) is 2.44. The lowest BCUT2D eigenvalue weighted by atomic mass is 10.0. The number of sulfone groups is 1. The van der Waals surface area contributed by atoms with Crippen LogP contribution in [0.5, 0.6) is 0 Å². The third kappa shape index (κ3) is 5.23. The molecule has 0 aromatic heterocycles. The SMILES string of the molecule is CS(=O)(=O)CCNCCN1CCCc2ccccc2C1. The molecule has 20 heavy (non-hydrogen) atoms. The Bertz CT molecular complexity index is 528. The third-order valence-corrected chi connectivity index (χ3v) is 4.63. The van der Waals surface area contributed by atoms with Crippen LogP contribution in [0.25, 0.3) is 0 Å². The van der Waals surface area contributed by atoms with Gasteiger partial charge >= 0.3 is 0 Å². The van der Waals surface area contributed by atoms with Gasteiger partial charge in [0, 0.05) is 32.4 Å². The van der Waals surface area contributed by atoms with Crippen LogP contribution >= 0.6 is 0 Å². The number of rotatable bonds is 6. The molecule has 112 valence electrons. The summed E-state index contributed by atoms with van der Waals surface area (Å²) in [5.74, 6) is 0.218.